The van der Waals surface area contributed by atoms with Gasteiger partial charge in [0.15, 0.2) is 5.13 Å². The van der Waals surface area contributed by atoms with E-state index in [0.29, 0.717) is 5.69 Å². The molecule has 120 valence electrons. The second-order valence-corrected chi connectivity index (χ2v) is 6.22. The summed E-state index contributed by atoms with van der Waals surface area (Å²) in [7, 11) is 1.78. The fourth-order valence-electron chi connectivity index (χ4n) is 2.40. The summed E-state index contributed by atoms with van der Waals surface area (Å²) in [5, 5.41) is 8.40. The van der Waals surface area contributed by atoms with E-state index in [1.54, 1.807) is 12.4 Å². The molecule has 23 heavy (non-hydrogen) atoms. The van der Waals surface area contributed by atoms with Crippen LogP contribution in [-0.4, -0.2) is 27.9 Å². The first-order valence-electron chi connectivity index (χ1n) is 7.51. The molecule has 1 amide bonds. The number of aryl methyl sites for hydroxylation is 1. The maximum atomic E-state index is 12.3. The van der Waals surface area contributed by atoms with Gasteiger partial charge in [0.2, 0.25) is 0 Å². The molecule has 2 aromatic heterocycles. The Hall–Kier alpha value is -2.41. The van der Waals surface area contributed by atoms with Crippen LogP contribution in [-0.2, 0) is 0 Å². The molecule has 3 aromatic rings. The fraction of sp³-hybridized carbons (Fsp3) is 0.312. The van der Waals surface area contributed by atoms with E-state index in [-0.39, 0.29) is 11.9 Å². The number of carbonyl (C=O) groups is 1. The first-order chi connectivity index (χ1) is 11.1. The lowest BCUT2D eigenvalue weighted by atomic mass is 10.2. The zero-order chi connectivity index (χ0) is 16.4. The van der Waals surface area contributed by atoms with Gasteiger partial charge in [-0.05, 0) is 31.0 Å². The van der Waals surface area contributed by atoms with Crippen molar-refractivity contribution in [2.45, 2.75) is 26.3 Å². The van der Waals surface area contributed by atoms with E-state index in [1.165, 1.54) is 16.9 Å². The Bertz CT molecular complexity index is 838. The normalized spacial score (nSPS) is 12.3. The summed E-state index contributed by atoms with van der Waals surface area (Å²) >= 11 is 1.41. The average molecular weight is 329 g/mol. The summed E-state index contributed by atoms with van der Waals surface area (Å²) in [6.45, 7) is 4.06. The molecule has 0 bridgehead atoms. The van der Waals surface area contributed by atoms with Crippen molar-refractivity contribution in [1.29, 1.82) is 0 Å². The predicted octanol–water partition coefficient (Wildman–Crippen LogP) is 3.25. The number of hydrogen-bond acceptors (Lipinski definition) is 5. The Kier molecular flexibility index (Phi) is 4.29. The lowest BCUT2D eigenvalue weighted by Crippen LogP contribution is -2.29. The number of carbonyl (C=O) groups excluding carboxylic acids is 1. The van der Waals surface area contributed by atoms with Crippen molar-refractivity contribution in [3.8, 4) is 0 Å². The minimum Gasteiger partial charge on any atom is -0.365 e. The van der Waals surface area contributed by atoms with Crippen LogP contribution in [0, 0.1) is 6.92 Å². The van der Waals surface area contributed by atoms with Gasteiger partial charge in [-0.2, -0.15) is 0 Å². The number of thiazole rings is 1. The lowest BCUT2D eigenvalue weighted by molar-refractivity contribution is 0.0929. The van der Waals surface area contributed by atoms with E-state index in [4.69, 9.17) is 0 Å². The number of rotatable bonds is 5. The molecule has 0 spiro atoms. The predicted molar refractivity (Wildman–Crippen MR) is 93.0 cm³/mol. The highest BCUT2D eigenvalue weighted by Crippen LogP contribution is 2.21. The van der Waals surface area contributed by atoms with E-state index in [1.807, 2.05) is 26.0 Å². The number of fused-ring (bicyclic) bond motifs is 1. The number of anilines is 1. The van der Waals surface area contributed by atoms with Gasteiger partial charge in [0.25, 0.3) is 5.91 Å². The van der Waals surface area contributed by atoms with Gasteiger partial charge in [0.1, 0.15) is 11.5 Å². The summed E-state index contributed by atoms with van der Waals surface area (Å²) in [5.74, 6) is 0.580. The summed E-state index contributed by atoms with van der Waals surface area (Å²) in [6, 6.07) is 5.90. The third-order valence-electron chi connectivity index (χ3n) is 3.65. The third-order valence-corrected chi connectivity index (χ3v) is 4.51. The molecule has 7 heteroatoms. The Morgan fingerprint density at radius 2 is 2.22 bits per heavy atom. The molecule has 0 saturated carbocycles. The van der Waals surface area contributed by atoms with E-state index in [9.17, 15) is 4.79 Å². The summed E-state index contributed by atoms with van der Waals surface area (Å²) in [6.07, 6.45) is 0.744. The number of H-pyrrole nitrogens is 1. The molecule has 3 N–H and O–H groups in total. The van der Waals surface area contributed by atoms with Crippen LogP contribution in [0.2, 0.25) is 0 Å². The van der Waals surface area contributed by atoms with E-state index < -0.39 is 0 Å². The molecule has 1 atom stereocenters. The standard InChI is InChI=1S/C16H19N5OS/c1-4-10(20-15(22)13-8-23-16(17-3)21-13)14-18-11-6-5-9(2)7-12(11)19-14/h5-8,10H,4H2,1-3H3,(H,17,21)(H,18,19)(H,20,22)/t10-/m1/s1. The molecule has 0 fully saturated rings. The minimum atomic E-state index is -0.189. The van der Waals surface area contributed by atoms with Crippen LogP contribution in [0.25, 0.3) is 11.0 Å². The first kappa shape index (κ1) is 15.5. The van der Waals surface area contributed by atoms with E-state index in [2.05, 4.69) is 31.7 Å². The monoisotopic (exact) mass is 329 g/mol. The molecule has 0 aliphatic rings. The van der Waals surface area contributed by atoms with Crippen molar-refractivity contribution < 1.29 is 4.79 Å². The SMILES string of the molecule is CC[C@@H](NC(=O)c1csc(NC)n1)c1nc2ccc(C)cc2[nH]1. The van der Waals surface area contributed by atoms with Gasteiger partial charge in [-0.3, -0.25) is 4.79 Å². The molecular formula is C16H19N5OS. The highest BCUT2D eigenvalue weighted by Gasteiger charge is 2.19. The molecule has 6 nitrogen and oxygen atoms in total. The molecule has 3 rings (SSSR count). The molecule has 1 aromatic carbocycles. The molecule has 0 radical (unpaired) electrons. The summed E-state index contributed by atoms with van der Waals surface area (Å²) in [4.78, 5) is 24.5. The van der Waals surface area contributed by atoms with E-state index in [0.717, 1.165) is 28.4 Å². The Balaban J connectivity index is 1.81. The molecular weight excluding hydrogens is 310 g/mol. The Labute approximate surface area is 138 Å². The molecule has 0 saturated heterocycles. The number of amides is 1. The van der Waals surface area contributed by atoms with Crippen LogP contribution in [0.3, 0.4) is 0 Å². The van der Waals surface area contributed by atoms with Gasteiger partial charge in [0, 0.05) is 12.4 Å². The van der Waals surface area contributed by atoms with Crippen LogP contribution < -0.4 is 10.6 Å². The Morgan fingerprint density at radius 1 is 1.39 bits per heavy atom. The first-order valence-corrected chi connectivity index (χ1v) is 8.39. The van der Waals surface area contributed by atoms with Crippen LogP contribution >= 0.6 is 11.3 Å². The van der Waals surface area contributed by atoms with Gasteiger partial charge in [-0.1, -0.05) is 13.0 Å². The zero-order valence-electron chi connectivity index (χ0n) is 13.3. The van der Waals surface area contributed by atoms with Gasteiger partial charge >= 0.3 is 0 Å². The third kappa shape index (κ3) is 3.19. The van der Waals surface area contributed by atoms with Crippen molar-refractivity contribution in [3.05, 3.63) is 40.7 Å². The largest absolute Gasteiger partial charge is 0.365 e. The molecule has 2 heterocycles. The molecule has 0 aliphatic carbocycles. The number of nitrogens with one attached hydrogen (secondary N) is 3. The second-order valence-electron chi connectivity index (χ2n) is 5.36. The topological polar surface area (TPSA) is 82.7 Å². The molecule has 0 aliphatic heterocycles. The zero-order valence-corrected chi connectivity index (χ0v) is 14.1. The average Bonchev–Trinajstić information content (AvgIpc) is 3.18. The van der Waals surface area contributed by atoms with Crippen LogP contribution in [0.1, 0.15) is 41.3 Å². The van der Waals surface area contributed by atoms with Gasteiger partial charge < -0.3 is 15.6 Å². The number of hydrogen-bond donors (Lipinski definition) is 3. The summed E-state index contributed by atoms with van der Waals surface area (Å²) < 4.78 is 0. The number of benzene rings is 1. The van der Waals surface area contributed by atoms with Crippen LogP contribution in [0.4, 0.5) is 5.13 Å². The number of aromatic amines is 1. The highest BCUT2D eigenvalue weighted by molar-refractivity contribution is 7.13. The van der Waals surface area contributed by atoms with Gasteiger partial charge in [-0.25, -0.2) is 9.97 Å². The quantitative estimate of drug-likeness (QED) is 0.671. The van der Waals surface area contributed by atoms with Crippen LogP contribution in [0.15, 0.2) is 23.6 Å². The van der Waals surface area contributed by atoms with Crippen molar-refractivity contribution in [2.75, 3.05) is 12.4 Å². The number of nitrogens with zero attached hydrogens (tertiary/aromatic N) is 2. The second kappa shape index (κ2) is 6.37. The Morgan fingerprint density at radius 3 is 2.91 bits per heavy atom. The van der Waals surface area contributed by atoms with Crippen LogP contribution in [0.5, 0.6) is 0 Å². The highest BCUT2D eigenvalue weighted by atomic mass is 32.1. The number of aromatic nitrogens is 3. The van der Waals surface area contributed by atoms with Crippen molar-refractivity contribution in [1.82, 2.24) is 20.3 Å². The van der Waals surface area contributed by atoms with Gasteiger partial charge in [0.05, 0.1) is 17.1 Å². The fourth-order valence-corrected chi connectivity index (χ4v) is 3.05. The van der Waals surface area contributed by atoms with Crippen molar-refractivity contribution >= 4 is 33.4 Å². The molecule has 0 unspecified atom stereocenters. The lowest BCUT2D eigenvalue weighted by Gasteiger charge is -2.13. The van der Waals surface area contributed by atoms with Gasteiger partial charge in [-0.15, -0.1) is 11.3 Å². The number of imidazole rings is 1. The maximum Gasteiger partial charge on any atom is 0.271 e. The van der Waals surface area contributed by atoms with E-state index >= 15 is 0 Å². The van der Waals surface area contributed by atoms with Crippen molar-refractivity contribution in [2.24, 2.45) is 0 Å². The minimum absolute atomic E-state index is 0.171. The van der Waals surface area contributed by atoms with Crippen molar-refractivity contribution in [3.63, 3.8) is 0 Å². The maximum absolute atomic E-state index is 12.3. The summed E-state index contributed by atoms with van der Waals surface area (Å²) in [5.41, 5.74) is 3.49. The smallest absolute Gasteiger partial charge is 0.271 e.